The van der Waals surface area contributed by atoms with Gasteiger partial charge in [-0.2, -0.15) is 0 Å². The van der Waals surface area contributed by atoms with Crippen LogP contribution in [0.15, 0.2) is 210 Å². The first kappa shape index (κ1) is 35.5. The van der Waals surface area contributed by atoms with Gasteiger partial charge in [0.2, 0.25) is 0 Å². The molecule has 0 radical (unpaired) electrons. The maximum Gasteiger partial charge on any atom is 0.160 e. The fourth-order valence-corrected chi connectivity index (χ4v) is 10.6. The van der Waals surface area contributed by atoms with E-state index in [0.29, 0.717) is 5.84 Å². The van der Waals surface area contributed by atoms with Gasteiger partial charge in [-0.15, -0.1) is 11.3 Å². The number of hydrogen-bond acceptors (Lipinski definition) is 3. The van der Waals surface area contributed by atoms with Crippen molar-refractivity contribution < 1.29 is 0 Å². The lowest BCUT2D eigenvalue weighted by molar-refractivity contribution is 0.791. The molecule has 1 unspecified atom stereocenters. The van der Waals surface area contributed by atoms with Crippen molar-refractivity contribution in [1.82, 2.24) is 4.57 Å². The molecule has 0 fully saturated rings. The van der Waals surface area contributed by atoms with Crippen molar-refractivity contribution in [1.29, 1.82) is 0 Å². The molecule has 12 rings (SSSR count). The molecular weight excluding hydrogens is 759 g/mol. The van der Waals surface area contributed by atoms with E-state index in [1.807, 2.05) is 11.3 Å². The van der Waals surface area contributed by atoms with Crippen molar-refractivity contribution in [2.75, 3.05) is 0 Å². The Kier molecular flexibility index (Phi) is 8.39. The summed E-state index contributed by atoms with van der Waals surface area (Å²) in [5, 5.41) is 9.86. The molecule has 3 heterocycles. The number of rotatable bonds is 5. The summed E-state index contributed by atoms with van der Waals surface area (Å²) < 4.78 is 4.98. The van der Waals surface area contributed by atoms with Gasteiger partial charge in [-0.1, -0.05) is 165 Å². The van der Waals surface area contributed by atoms with Gasteiger partial charge in [-0.05, 0) is 81.6 Å². The molecule has 4 heteroatoms. The highest BCUT2D eigenvalue weighted by Gasteiger charge is 2.25. The zero-order valence-electron chi connectivity index (χ0n) is 33.6. The number of aliphatic imine (C=N–C) groups is 2. The second-order valence-corrected chi connectivity index (χ2v) is 17.2. The molecule has 0 aliphatic carbocycles. The molecule has 288 valence electrons. The lowest BCUT2D eigenvalue weighted by atomic mass is 9.90. The quantitative estimate of drug-likeness (QED) is 0.166. The topological polar surface area (TPSA) is 29.6 Å². The summed E-state index contributed by atoms with van der Waals surface area (Å²) in [6.07, 6.45) is 3.13. The number of nitrogens with zero attached hydrogens (tertiary/aromatic N) is 3. The van der Waals surface area contributed by atoms with Gasteiger partial charge in [-0.25, -0.2) is 9.98 Å². The first-order valence-corrected chi connectivity index (χ1v) is 21.9. The third-order valence-corrected chi connectivity index (χ3v) is 13.5. The van der Waals surface area contributed by atoms with Crippen molar-refractivity contribution in [3.63, 3.8) is 0 Å². The van der Waals surface area contributed by atoms with Crippen LogP contribution < -0.4 is 0 Å². The lowest BCUT2D eigenvalue weighted by Gasteiger charge is -2.21. The van der Waals surface area contributed by atoms with Crippen LogP contribution in [0, 0.1) is 5.92 Å². The van der Waals surface area contributed by atoms with Crippen LogP contribution in [0.3, 0.4) is 0 Å². The number of para-hydroxylation sites is 1. The predicted octanol–water partition coefficient (Wildman–Crippen LogP) is 15.4. The molecule has 0 saturated carbocycles. The van der Waals surface area contributed by atoms with Crippen LogP contribution in [0.4, 0.5) is 0 Å². The van der Waals surface area contributed by atoms with E-state index in [0.717, 1.165) is 51.3 Å². The van der Waals surface area contributed by atoms with Gasteiger partial charge in [-0.3, -0.25) is 0 Å². The zero-order chi connectivity index (χ0) is 40.4. The first-order valence-electron chi connectivity index (χ1n) is 21.0. The third-order valence-electron chi connectivity index (χ3n) is 12.4. The summed E-state index contributed by atoms with van der Waals surface area (Å²) in [5.41, 5.74) is 11.1. The van der Waals surface area contributed by atoms with E-state index >= 15 is 0 Å². The maximum absolute atomic E-state index is 5.79. The van der Waals surface area contributed by atoms with Crippen LogP contribution in [0.1, 0.15) is 30.0 Å². The number of fused-ring (bicyclic) bond motifs is 8. The number of hydrogen-bond donors (Lipinski definition) is 0. The average Bonchev–Trinajstić information content (AvgIpc) is 3.85. The van der Waals surface area contributed by atoms with Crippen molar-refractivity contribution in [3.05, 3.63) is 217 Å². The van der Waals surface area contributed by atoms with E-state index in [1.54, 1.807) is 0 Å². The fourth-order valence-electron chi connectivity index (χ4n) is 9.46. The van der Waals surface area contributed by atoms with E-state index in [2.05, 4.69) is 212 Å². The Bertz CT molecular complexity index is 3630. The summed E-state index contributed by atoms with van der Waals surface area (Å²) in [7, 11) is 0. The van der Waals surface area contributed by atoms with Gasteiger partial charge in [0.05, 0.1) is 22.4 Å². The number of allylic oxidation sites excluding steroid dienone is 1. The molecule has 0 amide bonds. The fraction of sp³-hybridized carbons (Fsp3) is 0.0526. The van der Waals surface area contributed by atoms with Gasteiger partial charge in [0.1, 0.15) is 0 Å². The van der Waals surface area contributed by atoms with E-state index in [9.17, 15) is 0 Å². The van der Waals surface area contributed by atoms with Crippen molar-refractivity contribution in [2.24, 2.45) is 15.9 Å². The molecule has 1 aliphatic rings. The molecule has 11 aromatic rings. The molecule has 2 aromatic heterocycles. The zero-order valence-corrected chi connectivity index (χ0v) is 34.4. The van der Waals surface area contributed by atoms with Crippen molar-refractivity contribution in [3.8, 4) is 16.8 Å². The second-order valence-electron chi connectivity index (χ2n) is 16.2. The Balaban J connectivity index is 1.14. The van der Waals surface area contributed by atoms with Gasteiger partial charge >= 0.3 is 0 Å². The summed E-state index contributed by atoms with van der Waals surface area (Å²) in [6.45, 7) is 2.33. The van der Waals surface area contributed by atoms with E-state index in [1.165, 1.54) is 63.5 Å². The number of amidine groups is 1. The minimum Gasteiger partial charge on any atom is -0.309 e. The summed E-state index contributed by atoms with van der Waals surface area (Å²) in [4.78, 5) is 11.4. The van der Waals surface area contributed by atoms with Crippen LogP contribution in [-0.2, 0) is 0 Å². The Labute approximate surface area is 357 Å². The van der Waals surface area contributed by atoms with Gasteiger partial charge in [0.15, 0.2) is 5.84 Å². The SMILES string of the molecule is CC1C/C=C(\c2cccc3ccccc23)N=C(c2cccc(-c3ccccc3)c2)N=C1c1cc(-n2c3ccccc3c3cc4ccccc4cc32)cc2sc3ccccc3c12. The van der Waals surface area contributed by atoms with Gasteiger partial charge in [0.25, 0.3) is 0 Å². The number of benzene rings is 9. The highest BCUT2D eigenvalue weighted by atomic mass is 32.1. The smallest absolute Gasteiger partial charge is 0.160 e. The highest BCUT2D eigenvalue weighted by Crippen LogP contribution is 2.42. The monoisotopic (exact) mass is 797 g/mol. The number of aromatic nitrogens is 1. The lowest BCUT2D eigenvalue weighted by Crippen LogP contribution is -2.18. The van der Waals surface area contributed by atoms with Crippen LogP contribution >= 0.6 is 11.3 Å². The molecule has 61 heavy (non-hydrogen) atoms. The average molecular weight is 798 g/mol. The molecule has 0 bridgehead atoms. The molecule has 0 N–H and O–H groups in total. The molecule has 1 aliphatic heterocycles. The maximum atomic E-state index is 5.79. The Morgan fingerprint density at radius 3 is 2.02 bits per heavy atom. The van der Waals surface area contributed by atoms with Crippen LogP contribution in [0.2, 0.25) is 0 Å². The Hall–Kier alpha value is -7.40. The Morgan fingerprint density at radius 2 is 1.15 bits per heavy atom. The van der Waals surface area contributed by atoms with Crippen LogP contribution in [0.25, 0.3) is 86.0 Å². The molecular formula is C57H39N3S. The number of thiophene rings is 1. The minimum atomic E-state index is 0.0759. The van der Waals surface area contributed by atoms with Gasteiger partial charge < -0.3 is 4.57 Å². The van der Waals surface area contributed by atoms with Crippen LogP contribution in [0.5, 0.6) is 0 Å². The van der Waals surface area contributed by atoms with E-state index < -0.39 is 0 Å². The van der Waals surface area contributed by atoms with Crippen molar-refractivity contribution in [2.45, 2.75) is 13.3 Å². The van der Waals surface area contributed by atoms with E-state index in [-0.39, 0.29) is 5.92 Å². The summed E-state index contributed by atoms with van der Waals surface area (Å²) >= 11 is 1.86. The summed E-state index contributed by atoms with van der Waals surface area (Å²) in [5.74, 6) is 0.784. The standard InChI is InChI=1S/C57H39N3S/c1-36-29-30-50(45-26-14-20-38-17-7-8-23-44(38)45)58-57(42-22-13-21-39(31-42)37-15-3-2-4-16-37)59-56(36)49-34-43(35-54-55(49)47-25-10-12-28-53(47)61-54)60-51-27-11-9-24-46(51)48-32-40-18-5-6-19-41(40)33-52(48)60/h2-28,30-36H,29H2,1H3/b50-30+,58-57?,59-56?. The largest absolute Gasteiger partial charge is 0.309 e. The molecule has 0 spiro atoms. The summed E-state index contributed by atoms with van der Waals surface area (Å²) in [6, 6.07) is 70.3. The van der Waals surface area contributed by atoms with Crippen molar-refractivity contribution >= 4 is 92.1 Å². The molecule has 1 atom stereocenters. The van der Waals surface area contributed by atoms with E-state index in [4.69, 9.17) is 9.98 Å². The first-order chi connectivity index (χ1) is 30.1. The van der Waals surface area contributed by atoms with Gasteiger partial charge in [0, 0.05) is 59.2 Å². The highest BCUT2D eigenvalue weighted by molar-refractivity contribution is 7.26. The Morgan fingerprint density at radius 1 is 0.475 bits per heavy atom. The van der Waals surface area contributed by atoms with Crippen LogP contribution in [-0.4, -0.2) is 16.1 Å². The molecule has 9 aromatic carbocycles. The molecule has 0 saturated heterocycles. The third kappa shape index (κ3) is 6.02. The second kappa shape index (κ2) is 14.4. The minimum absolute atomic E-state index is 0.0759. The predicted molar refractivity (Wildman–Crippen MR) is 262 cm³/mol. The normalized spacial score (nSPS) is 15.6. The molecule has 3 nitrogen and oxygen atoms in total.